The molecule has 0 spiro atoms. The van der Waals surface area contributed by atoms with E-state index in [-0.39, 0.29) is 6.42 Å². The Bertz CT molecular complexity index is 359. The first-order chi connectivity index (χ1) is 6.66. The molecule has 1 aliphatic rings. The molecule has 1 N–H and O–H groups in total. The van der Waals surface area contributed by atoms with Crippen molar-refractivity contribution in [3.63, 3.8) is 0 Å². The molecular weight excluding hydrogens is 182 g/mol. The highest BCUT2D eigenvalue weighted by Crippen LogP contribution is 2.19. The highest BCUT2D eigenvalue weighted by atomic mass is 16.4. The summed E-state index contributed by atoms with van der Waals surface area (Å²) in [5, 5.41) is 8.57. The molecule has 0 saturated carbocycles. The van der Waals surface area contributed by atoms with Gasteiger partial charge >= 0.3 is 5.97 Å². The first-order valence-electron chi connectivity index (χ1n) is 4.60. The summed E-state index contributed by atoms with van der Waals surface area (Å²) in [6.45, 7) is 2.26. The molecule has 2 rings (SSSR count). The maximum Gasteiger partial charge on any atom is 0.305 e. The van der Waals surface area contributed by atoms with E-state index in [0.717, 1.165) is 24.5 Å². The van der Waals surface area contributed by atoms with Crippen LogP contribution in [0.25, 0.3) is 0 Å². The van der Waals surface area contributed by atoms with Gasteiger partial charge in [0.25, 0.3) is 0 Å². The number of carboxylic acid groups (broad SMARTS) is 1. The van der Waals surface area contributed by atoms with Gasteiger partial charge in [-0.1, -0.05) is 0 Å². The Kier molecular flexibility index (Phi) is 2.25. The summed E-state index contributed by atoms with van der Waals surface area (Å²) in [6.07, 6.45) is 1.90. The lowest BCUT2D eigenvalue weighted by atomic mass is 10.3. The van der Waals surface area contributed by atoms with Crippen LogP contribution in [0.1, 0.15) is 17.8 Å². The van der Waals surface area contributed by atoms with Crippen molar-refractivity contribution in [3.8, 4) is 0 Å². The van der Waals surface area contributed by atoms with Gasteiger partial charge in [0.2, 0.25) is 0 Å². The van der Waals surface area contributed by atoms with Crippen LogP contribution in [0.3, 0.4) is 0 Å². The Labute approximate surface area is 82.0 Å². The average Bonchev–Trinajstić information content (AvgIpc) is 2.60. The highest BCUT2D eigenvalue weighted by Gasteiger charge is 2.20. The predicted molar refractivity (Wildman–Crippen MR) is 49.7 cm³/mol. The van der Waals surface area contributed by atoms with E-state index in [1.807, 2.05) is 11.6 Å². The van der Waals surface area contributed by atoms with Crippen molar-refractivity contribution >= 4 is 5.97 Å². The van der Waals surface area contributed by atoms with E-state index < -0.39 is 5.97 Å². The molecule has 0 saturated heterocycles. The van der Waals surface area contributed by atoms with Crippen LogP contribution in [0, 0.1) is 0 Å². The van der Waals surface area contributed by atoms with Crippen molar-refractivity contribution in [3.05, 3.63) is 17.7 Å². The second-order valence-corrected chi connectivity index (χ2v) is 3.65. The monoisotopic (exact) mass is 195 g/mol. The summed E-state index contributed by atoms with van der Waals surface area (Å²) in [6, 6.07) is 0. The summed E-state index contributed by atoms with van der Waals surface area (Å²) >= 11 is 0. The summed E-state index contributed by atoms with van der Waals surface area (Å²) in [5.74, 6) is -0.765. The van der Waals surface area contributed by atoms with Crippen LogP contribution < -0.4 is 0 Å². The minimum Gasteiger partial charge on any atom is -0.481 e. The Morgan fingerprint density at radius 1 is 1.64 bits per heavy atom. The third-order valence-corrected chi connectivity index (χ3v) is 2.44. The standard InChI is InChI=1S/C9H13N3O2/c1-11-4-7-8(5-11)12(6-10-7)3-2-9(13)14/h6H,2-5H2,1H3,(H,13,14). The Hall–Kier alpha value is -1.36. The van der Waals surface area contributed by atoms with E-state index in [2.05, 4.69) is 9.88 Å². The van der Waals surface area contributed by atoms with Gasteiger partial charge in [0.05, 0.1) is 24.1 Å². The number of rotatable bonds is 3. The van der Waals surface area contributed by atoms with Crippen molar-refractivity contribution in [2.45, 2.75) is 26.1 Å². The number of hydrogen-bond donors (Lipinski definition) is 1. The van der Waals surface area contributed by atoms with Gasteiger partial charge in [-0.05, 0) is 7.05 Å². The maximum atomic E-state index is 10.4. The molecule has 1 aliphatic heterocycles. The van der Waals surface area contributed by atoms with Crippen LogP contribution in [0.15, 0.2) is 6.33 Å². The molecule has 76 valence electrons. The maximum absolute atomic E-state index is 10.4. The van der Waals surface area contributed by atoms with E-state index in [1.54, 1.807) is 6.33 Å². The Morgan fingerprint density at radius 3 is 3.14 bits per heavy atom. The van der Waals surface area contributed by atoms with Crippen LogP contribution in [-0.2, 0) is 24.4 Å². The zero-order valence-electron chi connectivity index (χ0n) is 8.10. The minimum absolute atomic E-state index is 0.159. The number of aryl methyl sites for hydroxylation is 1. The number of nitrogens with zero attached hydrogens (tertiary/aromatic N) is 3. The van der Waals surface area contributed by atoms with Gasteiger partial charge in [0, 0.05) is 19.6 Å². The molecule has 0 amide bonds. The van der Waals surface area contributed by atoms with E-state index >= 15 is 0 Å². The van der Waals surface area contributed by atoms with Crippen LogP contribution in [0.2, 0.25) is 0 Å². The van der Waals surface area contributed by atoms with Crippen LogP contribution in [0.5, 0.6) is 0 Å². The molecule has 0 fully saturated rings. The molecule has 0 bridgehead atoms. The number of fused-ring (bicyclic) bond motifs is 1. The van der Waals surface area contributed by atoms with Gasteiger partial charge in [-0.2, -0.15) is 0 Å². The van der Waals surface area contributed by atoms with E-state index in [9.17, 15) is 4.79 Å². The number of imidazole rings is 1. The zero-order valence-corrected chi connectivity index (χ0v) is 8.10. The van der Waals surface area contributed by atoms with Crippen molar-refractivity contribution in [2.75, 3.05) is 7.05 Å². The summed E-state index contributed by atoms with van der Waals surface area (Å²) < 4.78 is 1.94. The van der Waals surface area contributed by atoms with Gasteiger partial charge in [0.15, 0.2) is 0 Å². The summed E-state index contributed by atoms with van der Waals surface area (Å²) in [4.78, 5) is 16.8. The van der Waals surface area contributed by atoms with Crippen LogP contribution in [0.4, 0.5) is 0 Å². The second-order valence-electron chi connectivity index (χ2n) is 3.65. The molecule has 14 heavy (non-hydrogen) atoms. The lowest BCUT2D eigenvalue weighted by molar-refractivity contribution is -0.137. The first kappa shape index (κ1) is 9.21. The Balaban J connectivity index is 2.09. The molecule has 0 radical (unpaired) electrons. The fourth-order valence-corrected chi connectivity index (χ4v) is 1.74. The zero-order chi connectivity index (χ0) is 10.1. The number of carboxylic acids is 1. The molecular formula is C9H13N3O2. The molecule has 1 aromatic heterocycles. The normalized spacial score (nSPS) is 15.8. The van der Waals surface area contributed by atoms with Gasteiger partial charge in [-0.3, -0.25) is 9.69 Å². The largest absolute Gasteiger partial charge is 0.481 e. The molecule has 5 heteroatoms. The molecule has 1 aromatic rings. The van der Waals surface area contributed by atoms with Crippen molar-refractivity contribution in [2.24, 2.45) is 0 Å². The SMILES string of the molecule is CN1Cc2ncn(CCC(=O)O)c2C1. The predicted octanol–water partition coefficient (Wildman–Crippen LogP) is 0.303. The fourth-order valence-electron chi connectivity index (χ4n) is 1.74. The lowest BCUT2D eigenvalue weighted by Gasteiger charge is -2.07. The molecule has 0 aromatic carbocycles. The van der Waals surface area contributed by atoms with Gasteiger partial charge in [-0.15, -0.1) is 0 Å². The third kappa shape index (κ3) is 1.63. The topological polar surface area (TPSA) is 58.4 Å². The number of aromatic nitrogens is 2. The van der Waals surface area contributed by atoms with Crippen molar-refractivity contribution < 1.29 is 9.90 Å². The highest BCUT2D eigenvalue weighted by molar-refractivity contribution is 5.66. The third-order valence-electron chi connectivity index (χ3n) is 2.44. The molecule has 2 heterocycles. The number of carbonyl (C=O) groups is 1. The van der Waals surface area contributed by atoms with Crippen molar-refractivity contribution in [1.29, 1.82) is 0 Å². The molecule has 5 nitrogen and oxygen atoms in total. The van der Waals surface area contributed by atoms with E-state index in [0.29, 0.717) is 6.54 Å². The molecule has 0 atom stereocenters. The summed E-state index contributed by atoms with van der Waals surface area (Å²) in [5.41, 5.74) is 2.24. The van der Waals surface area contributed by atoms with Gasteiger partial charge in [0.1, 0.15) is 0 Å². The molecule has 0 aliphatic carbocycles. The number of hydrogen-bond acceptors (Lipinski definition) is 3. The second kappa shape index (κ2) is 3.42. The smallest absolute Gasteiger partial charge is 0.305 e. The number of aliphatic carboxylic acids is 1. The first-order valence-corrected chi connectivity index (χ1v) is 4.60. The minimum atomic E-state index is -0.765. The van der Waals surface area contributed by atoms with E-state index in [4.69, 9.17) is 5.11 Å². The lowest BCUT2D eigenvalue weighted by Crippen LogP contribution is -2.12. The van der Waals surface area contributed by atoms with Gasteiger partial charge in [-0.25, -0.2) is 4.98 Å². The van der Waals surface area contributed by atoms with Crippen LogP contribution >= 0.6 is 0 Å². The van der Waals surface area contributed by atoms with E-state index in [1.165, 1.54) is 0 Å². The molecule has 0 unspecified atom stereocenters. The quantitative estimate of drug-likeness (QED) is 0.753. The van der Waals surface area contributed by atoms with Gasteiger partial charge < -0.3 is 9.67 Å². The van der Waals surface area contributed by atoms with Crippen LogP contribution in [-0.4, -0.2) is 32.6 Å². The summed E-state index contributed by atoms with van der Waals surface area (Å²) in [7, 11) is 2.03. The Morgan fingerprint density at radius 2 is 2.43 bits per heavy atom. The fraction of sp³-hybridized carbons (Fsp3) is 0.556. The van der Waals surface area contributed by atoms with Crippen molar-refractivity contribution in [1.82, 2.24) is 14.5 Å². The average molecular weight is 195 g/mol.